The van der Waals surface area contributed by atoms with E-state index >= 15 is 0 Å². The lowest BCUT2D eigenvalue weighted by atomic mass is 9.89. The zero-order valence-electron chi connectivity index (χ0n) is 11.5. The standard InChI is InChI=1S/C15H32/c1-5-7-8-9-10-11-12-13-15(4)14(3)6-2/h14-15H,5-13H2,1-4H3. The van der Waals surface area contributed by atoms with Crippen LogP contribution in [-0.2, 0) is 0 Å². The lowest BCUT2D eigenvalue weighted by Crippen LogP contribution is -2.06. The molecule has 0 aromatic carbocycles. The van der Waals surface area contributed by atoms with Crippen molar-refractivity contribution in [3.8, 4) is 0 Å². The van der Waals surface area contributed by atoms with Crippen molar-refractivity contribution in [2.24, 2.45) is 11.8 Å². The monoisotopic (exact) mass is 212 g/mol. The summed E-state index contributed by atoms with van der Waals surface area (Å²) in [5.41, 5.74) is 0. The Morgan fingerprint density at radius 2 is 1.20 bits per heavy atom. The van der Waals surface area contributed by atoms with Gasteiger partial charge in [0, 0.05) is 0 Å². The lowest BCUT2D eigenvalue weighted by molar-refractivity contribution is 0.342. The maximum Gasteiger partial charge on any atom is -0.0417 e. The average Bonchev–Trinajstić information content (AvgIpc) is 2.26. The van der Waals surface area contributed by atoms with Crippen LogP contribution in [0.5, 0.6) is 0 Å². The van der Waals surface area contributed by atoms with Gasteiger partial charge in [-0.2, -0.15) is 0 Å². The van der Waals surface area contributed by atoms with E-state index < -0.39 is 0 Å². The molecule has 2 atom stereocenters. The normalized spacial score (nSPS) is 15.2. The summed E-state index contributed by atoms with van der Waals surface area (Å²) >= 11 is 0. The summed E-state index contributed by atoms with van der Waals surface area (Å²) in [6.07, 6.45) is 12.9. The van der Waals surface area contributed by atoms with Crippen LogP contribution in [0.2, 0.25) is 0 Å². The van der Waals surface area contributed by atoms with E-state index in [-0.39, 0.29) is 0 Å². The van der Waals surface area contributed by atoms with Crippen LogP contribution < -0.4 is 0 Å². The number of rotatable bonds is 10. The van der Waals surface area contributed by atoms with Gasteiger partial charge in [0.2, 0.25) is 0 Å². The number of unbranched alkanes of at least 4 members (excludes halogenated alkanes) is 6. The second-order valence-electron chi connectivity index (χ2n) is 5.27. The van der Waals surface area contributed by atoms with E-state index in [1.165, 1.54) is 57.8 Å². The Hall–Kier alpha value is 0. The molecular weight excluding hydrogens is 180 g/mol. The minimum atomic E-state index is 0.921. The van der Waals surface area contributed by atoms with Gasteiger partial charge in [0.1, 0.15) is 0 Å². The molecule has 0 aliphatic carbocycles. The van der Waals surface area contributed by atoms with Crippen LogP contribution >= 0.6 is 0 Å². The third-order valence-corrected chi connectivity index (χ3v) is 3.88. The first kappa shape index (κ1) is 15.0. The van der Waals surface area contributed by atoms with Crippen LogP contribution in [0.4, 0.5) is 0 Å². The molecule has 0 rings (SSSR count). The fourth-order valence-electron chi connectivity index (χ4n) is 2.11. The Labute approximate surface area is 97.8 Å². The van der Waals surface area contributed by atoms with E-state index in [9.17, 15) is 0 Å². The first-order valence-corrected chi connectivity index (χ1v) is 7.22. The Balaban J connectivity index is 3.16. The van der Waals surface area contributed by atoms with Crippen LogP contribution in [0.3, 0.4) is 0 Å². The molecular formula is C15H32. The topological polar surface area (TPSA) is 0 Å². The quantitative estimate of drug-likeness (QED) is 0.401. The van der Waals surface area contributed by atoms with Gasteiger partial charge in [-0.25, -0.2) is 0 Å². The van der Waals surface area contributed by atoms with E-state index in [2.05, 4.69) is 27.7 Å². The van der Waals surface area contributed by atoms with E-state index in [0.717, 1.165) is 11.8 Å². The molecule has 0 saturated carbocycles. The third kappa shape index (κ3) is 8.96. The van der Waals surface area contributed by atoms with Gasteiger partial charge in [-0.1, -0.05) is 85.5 Å². The Morgan fingerprint density at radius 1 is 0.667 bits per heavy atom. The molecule has 0 saturated heterocycles. The minimum Gasteiger partial charge on any atom is -0.0654 e. The molecule has 0 aromatic rings. The molecule has 0 aliphatic heterocycles. The summed E-state index contributed by atoms with van der Waals surface area (Å²) in [6, 6.07) is 0. The van der Waals surface area contributed by atoms with Crippen molar-refractivity contribution in [2.75, 3.05) is 0 Å². The fraction of sp³-hybridized carbons (Fsp3) is 1.00. The highest BCUT2D eigenvalue weighted by atomic mass is 14.1. The van der Waals surface area contributed by atoms with Crippen LogP contribution in [0.15, 0.2) is 0 Å². The lowest BCUT2D eigenvalue weighted by Gasteiger charge is -2.17. The van der Waals surface area contributed by atoms with E-state index in [0.29, 0.717) is 0 Å². The second kappa shape index (κ2) is 10.5. The van der Waals surface area contributed by atoms with E-state index in [4.69, 9.17) is 0 Å². The van der Waals surface area contributed by atoms with E-state index in [1.807, 2.05) is 0 Å². The molecule has 0 nitrogen and oxygen atoms in total. The average molecular weight is 212 g/mol. The third-order valence-electron chi connectivity index (χ3n) is 3.88. The molecule has 0 spiro atoms. The zero-order valence-corrected chi connectivity index (χ0v) is 11.5. The summed E-state index contributed by atoms with van der Waals surface area (Å²) in [5.74, 6) is 1.86. The van der Waals surface area contributed by atoms with Gasteiger partial charge in [-0.3, -0.25) is 0 Å². The SMILES string of the molecule is CCCCCCCCCC(C)C(C)CC. The maximum absolute atomic E-state index is 2.42. The molecule has 0 aromatic heterocycles. The molecule has 0 fully saturated rings. The summed E-state index contributed by atoms with van der Waals surface area (Å²) in [4.78, 5) is 0. The Morgan fingerprint density at radius 3 is 1.73 bits per heavy atom. The summed E-state index contributed by atoms with van der Waals surface area (Å²) in [6.45, 7) is 9.41. The number of hydrogen-bond acceptors (Lipinski definition) is 0. The van der Waals surface area contributed by atoms with Crippen molar-refractivity contribution in [1.29, 1.82) is 0 Å². The van der Waals surface area contributed by atoms with Crippen LogP contribution in [-0.4, -0.2) is 0 Å². The van der Waals surface area contributed by atoms with E-state index in [1.54, 1.807) is 0 Å². The summed E-state index contributed by atoms with van der Waals surface area (Å²) in [5, 5.41) is 0. The molecule has 15 heavy (non-hydrogen) atoms. The largest absolute Gasteiger partial charge is 0.0654 e. The predicted octanol–water partition coefficient (Wildman–Crippen LogP) is 5.81. The minimum absolute atomic E-state index is 0.921. The van der Waals surface area contributed by atoms with Gasteiger partial charge < -0.3 is 0 Å². The van der Waals surface area contributed by atoms with Crippen LogP contribution in [0.1, 0.15) is 85.5 Å². The molecule has 0 bridgehead atoms. The van der Waals surface area contributed by atoms with Gasteiger partial charge in [-0.05, 0) is 11.8 Å². The maximum atomic E-state index is 2.42. The van der Waals surface area contributed by atoms with Crippen molar-refractivity contribution in [1.82, 2.24) is 0 Å². The molecule has 0 amide bonds. The summed E-state index contributed by atoms with van der Waals surface area (Å²) < 4.78 is 0. The van der Waals surface area contributed by atoms with Crippen LogP contribution in [0.25, 0.3) is 0 Å². The highest BCUT2D eigenvalue weighted by Gasteiger charge is 2.08. The van der Waals surface area contributed by atoms with Gasteiger partial charge in [-0.15, -0.1) is 0 Å². The highest BCUT2D eigenvalue weighted by Crippen LogP contribution is 2.21. The highest BCUT2D eigenvalue weighted by molar-refractivity contribution is 4.60. The van der Waals surface area contributed by atoms with Gasteiger partial charge in [0.25, 0.3) is 0 Å². The smallest absolute Gasteiger partial charge is 0.0417 e. The van der Waals surface area contributed by atoms with Crippen molar-refractivity contribution in [3.05, 3.63) is 0 Å². The Kier molecular flexibility index (Phi) is 10.5. The second-order valence-corrected chi connectivity index (χ2v) is 5.27. The molecule has 0 aliphatic rings. The molecule has 0 heteroatoms. The van der Waals surface area contributed by atoms with Gasteiger partial charge >= 0.3 is 0 Å². The first-order valence-electron chi connectivity index (χ1n) is 7.22. The zero-order chi connectivity index (χ0) is 11.5. The molecule has 92 valence electrons. The summed E-state index contributed by atoms with van der Waals surface area (Å²) in [7, 11) is 0. The van der Waals surface area contributed by atoms with Gasteiger partial charge in [0.15, 0.2) is 0 Å². The molecule has 0 heterocycles. The van der Waals surface area contributed by atoms with Gasteiger partial charge in [0.05, 0.1) is 0 Å². The van der Waals surface area contributed by atoms with Crippen molar-refractivity contribution in [2.45, 2.75) is 85.5 Å². The van der Waals surface area contributed by atoms with Crippen molar-refractivity contribution >= 4 is 0 Å². The molecule has 0 N–H and O–H groups in total. The van der Waals surface area contributed by atoms with Crippen molar-refractivity contribution in [3.63, 3.8) is 0 Å². The molecule has 0 radical (unpaired) electrons. The van der Waals surface area contributed by atoms with Crippen LogP contribution in [0, 0.1) is 11.8 Å². The fourth-order valence-corrected chi connectivity index (χ4v) is 2.11. The first-order chi connectivity index (χ1) is 7.22. The number of hydrogen-bond donors (Lipinski definition) is 0. The predicted molar refractivity (Wildman–Crippen MR) is 71.2 cm³/mol. The van der Waals surface area contributed by atoms with Crippen molar-refractivity contribution < 1.29 is 0 Å². The Bertz CT molecular complexity index is 117. The molecule has 2 unspecified atom stereocenters.